The van der Waals surface area contributed by atoms with E-state index in [9.17, 15) is 13.2 Å². The third kappa shape index (κ3) is 3.06. The summed E-state index contributed by atoms with van der Waals surface area (Å²) in [5.41, 5.74) is 0. The Balaban J connectivity index is 1.82. The molecule has 2 rings (SSSR count). The highest BCUT2D eigenvalue weighted by atomic mass is 32.2. The molecule has 18 heavy (non-hydrogen) atoms. The summed E-state index contributed by atoms with van der Waals surface area (Å²) in [5, 5.41) is 6.65. The van der Waals surface area contributed by atoms with Crippen molar-refractivity contribution in [1.82, 2.24) is 20.1 Å². The number of sulfone groups is 1. The lowest BCUT2D eigenvalue weighted by molar-refractivity contribution is -0.124. The molecular weight excluding hydrogens is 256 g/mol. The Labute approximate surface area is 106 Å². The van der Waals surface area contributed by atoms with Gasteiger partial charge < -0.3 is 5.32 Å². The average Bonchev–Trinajstić information content (AvgIpc) is 2.94. The molecule has 0 spiro atoms. The molecule has 7 nitrogen and oxygen atoms in total. The van der Waals surface area contributed by atoms with Crippen molar-refractivity contribution in [3.05, 3.63) is 12.7 Å². The highest BCUT2D eigenvalue weighted by molar-refractivity contribution is 7.91. The predicted molar refractivity (Wildman–Crippen MR) is 64.5 cm³/mol. The van der Waals surface area contributed by atoms with Gasteiger partial charge in [-0.15, -0.1) is 0 Å². The third-order valence-corrected chi connectivity index (χ3v) is 4.94. The van der Waals surface area contributed by atoms with Crippen LogP contribution in [-0.2, 0) is 14.6 Å². The number of hydrogen-bond donors (Lipinski definition) is 1. The molecule has 8 heteroatoms. The molecule has 0 aromatic carbocycles. The van der Waals surface area contributed by atoms with Crippen molar-refractivity contribution < 1.29 is 13.2 Å². The van der Waals surface area contributed by atoms with Gasteiger partial charge in [-0.2, -0.15) is 5.10 Å². The molecule has 1 aliphatic heterocycles. The Kier molecular flexibility index (Phi) is 3.65. The second-order valence-electron chi connectivity index (χ2n) is 4.57. The Hall–Kier alpha value is -1.44. The molecule has 100 valence electrons. The summed E-state index contributed by atoms with van der Waals surface area (Å²) >= 11 is 0. The Morgan fingerprint density at radius 1 is 1.61 bits per heavy atom. The fraction of sp³-hybridized carbons (Fsp3) is 0.700. The van der Waals surface area contributed by atoms with Crippen LogP contribution in [0.3, 0.4) is 0 Å². The van der Waals surface area contributed by atoms with Crippen molar-refractivity contribution in [1.29, 1.82) is 0 Å². The Morgan fingerprint density at radius 2 is 2.39 bits per heavy atom. The molecule has 2 heterocycles. The zero-order valence-corrected chi connectivity index (χ0v) is 10.9. The number of aromatic nitrogens is 3. The second-order valence-corrected chi connectivity index (χ2v) is 6.79. The molecule has 0 radical (unpaired) electrons. The van der Waals surface area contributed by atoms with Crippen molar-refractivity contribution >= 4 is 15.7 Å². The van der Waals surface area contributed by atoms with E-state index in [4.69, 9.17) is 0 Å². The van der Waals surface area contributed by atoms with Gasteiger partial charge in [-0.3, -0.25) is 4.79 Å². The smallest absolute Gasteiger partial charge is 0.244 e. The predicted octanol–water partition coefficient (Wildman–Crippen LogP) is -0.610. The molecule has 0 aliphatic carbocycles. The topological polar surface area (TPSA) is 94.0 Å². The van der Waals surface area contributed by atoms with Crippen molar-refractivity contribution in [2.75, 3.05) is 18.1 Å². The minimum absolute atomic E-state index is 0.0295. The molecule has 1 fully saturated rings. The van der Waals surface area contributed by atoms with Crippen LogP contribution in [-0.4, -0.2) is 47.1 Å². The molecule has 1 N–H and O–H groups in total. The molecule has 0 unspecified atom stereocenters. The number of carbonyl (C=O) groups excluding carboxylic acids is 1. The van der Waals surface area contributed by atoms with E-state index in [-0.39, 0.29) is 23.3 Å². The monoisotopic (exact) mass is 272 g/mol. The van der Waals surface area contributed by atoms with Crippen molar-refractivity contribution in [3.8, 4) is 0 Å². The first-order valence-electron chi connectivity index (χ1n) is 5.80. The van der Waals surface area contributed by atoms with Crippen LogP contribution in [0.15, 0.2) is 12.7 Å². The lowest BCUT2D eigenvalue weighted by Gasteiger charge is -2.14. The van der Waals surface area contributed by atoms with Crippen molar-refractivity contribution in [2.24, 2.45) is 5.92 Å². The molecule has 1 aliphatic rings. The molecule has 1 amide bonds. The van der Waals surface area contributed by atoms with Crippen LogP contribution >= 0.6 is 0 Å². The molecule has 1 saturated heterocycles. The Bertz CT molecular complexity index is 511. The van der Waals surface area contributed by atoms with Crippen LogP contribution in [0.2, 0.25) is 0 Å². The molecule has 0 saturated carbocycles. The SMILES string of the molecule is C[C@@H](C(=O)NC[C@H]1CCS(=O)(=O)C1)n1cncn1. The van der Waals surface area contributed by atoms with Gasteiger partial charge in [-0.1, -0.05) is 0 Å². The zero-order chi connectivity index (χ0) is 13.2. The van der Waals surface area contributed by atoms with Gasteiger partial charge in [-0.05, 0) is 19.3 Å². The molecule has 1 aromatic heterocycles. The van der Waals surface area contributed by atoms with Crippen molar-refractivity contribution in [3.63, 3.8) is 0 Å². The van der Waals surface area contributed by atoms with Crippen LogP contribution < -0.4 is 5.32 Å². The minimum atomic E-state index is -2.89. The lowest BCUT2D eigenvalue weighted by atomic mass is 10.1. The summed E-state index contributed by atoms with van der Waals surface area (Å²) in [6, 6.07) is -0.439. The molecular formula is C10H16N4O3S. The number of amides is 1. The van der Waals surface area contributed by atoms with Gasteiger partial charge in [-0.25, -0.2) is 18.1 Å². The van der Waals surface area contributed by atoms with Crippen LogP contribution in [0, 0.1) is 5.92 Å². The summed E-state index contributed by atoms with van der Waals surface area (Å²) in [5.74, 6) is 0.253. The van der Waals surface area contributed by atoms with E-state index in [1.807, 2.05) is 0 Å². The maximum atomic E-state index is 11.8. The van der Waals surface area contributed by atoms with E-state index in [0.717, 1.165) is 0 Å². The summed E-state index contributed by atoms with van der Waals surface area (Å²) in [6.07, 6.45) is 3.47. The van der Waals surface area contributed by atoms with E-state index < -0.39 is 15.9 Å². The highest BCUT2D eigenvalue weighted by Gasteiger charge is 2.28. The zero-order valence-electron chi connectivity index (χ0n) is 10.1. The third-order valence-electron chi connectivity index (χ3n) is 3.10. The van der Waals surface area contributed by atoms with E-state index in [1.165, 1.54) is 17.3 Å². The average molecular weight is 272 g/mol. The second kappa shape index (κ2) is 5.05. The standard InChI is InChI=1S/C10H16N4O3S/c1-8(14-7-11-6-13-14)10(15)12-4-9-2-3-18(16,17)5-9/h6-9H,2-5H2,1H3,(H,12,15)/t8-,9+/m0/s1. The molecule has 1 aromatic rings. The van der Waals surface area contributed by atoms with Gasteiger partial charge in [0.25, 0.3) is 0 Å². The van der Waals surface area contributed by atoms with Gasteiger partial charge in [0.05, 0.1) is 11.5 Å². The number of carbonyl (C=O) groups is 1. The first-order valence-corrected chi connectivity index (χ1v) is 7.62. The quantitative estimate of drug-likeness (QED) is 0.789. The first kappa shape index (κ1) is 13.0. The summed E-state index contributed by atoms with van der Waals surface area (Å²) in [6.45, 7) is 2.12. The number of hydrogen-bond acceptors (Lipinski definition) is 5. The van der Waals surface area contributed by atoms with E-state index in [1.54, 1.807) is 6.92 Å². The van der Waals surface area contributed by atoms with E-state index in [0.29, 0.717) is 13.0 Å². The molecule has 2 atom stereocenters. The van der Waals surface area contributed by atoms with Gasteiger partial charge in [0, 0.05) is 6.54 Å². The summed E-state index contributed by atoms with van der Waals surface area (Å²) in [4.78, 5) is 15.6. The maximum absolute atomic E-state index is 11.8. The molecule has 0 bridgehead atoms. The van der Waals surface area contributed by atoms with Crippen LogP contribution in [0.4, 0.5) is 0 Å². The van der Waals surface area contributed by atoms with Gasteiger partial charge in [0.2, 0.25) is 5.91 Å². The minimum Gasteiger partial charge on any atom is -0.354 e. The van der Waals surface area contributed by atoms with Crippen LogP contribution in [0.5, 0.6) is 0 Å². The van der Waals surface area contributed by atoms with E-state index >= 15 is 0 Å². The Morgan fingerprint density at radius 3 is 2.94 bits per heavy atom. The number of rotatable bonds is 4. The van der Waals surface area contributed by atoms with Crippen LogP contribution in [0.1, 0.15) is 19.4 Å². The van der Waals surface area contributed by atoms with Gasteiger partial charge in [0.1, 0.15) is 18.7 Å². The normalized spacial score (nSPS) is 23.7. The van der Waals surface area contributed by atoms with E-state index in [2.05, 4.69) is 15.4 Å². The maximum Gasteiger partial charge on any atom is 0.244 e. The summed E-state index contributed by atoms with van der Waals surface area (Å²) < 4.78 is 24.0. The fourth-order valence-electron chi connectivity index (χ4n) is 1.96. The van der Waals surface area contributed by atoms with Gasteiger partial charge in [0.15, 0.2) is 9.84 Å². The number of nitrogens with zero attached hydrogens (tertiary/aromatic N) is 3. The number of nitrogens with one attached hydrogen (secondary N) is 1. The van der Waals surface area contributed by atoms with Crippen molar-refractivity contribution in [2.45, 2.75) is 19.4 Å². The highest BCUT2D eigenvalue weighted by Crippen LogP contribution is 2.17. The first-order chi connectivity index (χ1) is 8.48. The lowest BCUT2D eigenvalue weighted by Crippen LogP contribution is -2.35. The largest absolute Gasteiger partial charge is 0.354 e. The van der Waals surface area contributed by atoms with Crippen LogP contribution in [0.25, 0.3) is 0 Å². The summed E-state index contributed by atoms with van der Waals surface area (Å²) in [7, 11) is -2.89. The van der Waals surface area contributed by atoms with Gasteiger partial charge >= 0.3 is 0 Å². The fourth-order valence-corrected chi connectivity index (χ4v) is 3.83.